The van der Waals surface area contributed by atoms with Gasteiger partial charge in [0.05, 0.1) is 11.2 Å². The minimum Gasteiger partial charge on any atom is -0.312 e. The summed E-state index contributed by atoms with van der Waals surface area (Å²) in [7, 11) is 0. The average Bonchev–Trinajstić information content (AvgIpc) is 2.98. The van der Waals surface area contributed by atoms with E-state index in [-0.39, 0.29) is 0 Å². The summed E-state index contributed by atoms with van der Waals surface area (Å²) in [6.45, 7) is 3.51. The predicted octanol–water partition coefficient (Wildman–Crippen LogP) is 1.86. The molecule has 2 aliphatic rings. The van der Waals surface area contributed by atoms with Gasteiger partial charge in [0, 0.05) is 24.0 Å². The maximum atomic E-state index is 4.40. The first-order chi connectivity index (χ1) is 7.93. The quantitative estimate of drug-likeness (QED) is 0.870. The van der Waals surface area contributed by atoms with E-state index in [1.807, 2.05) is 5.51 Å². The molecule has 1 N–H and O–H groups in total. The van der Waals surface area contributed by atoms with Crippen LogP contribution in [-0.2, 0) is 6.54 Å². The van der Waals surface area contributed by atoms with Crippen LogP contribution < -0.4 is 5.32 Å². The minimum atomic E-state index is 0.737. The maximum Gasteiger partial charge on any atom is 0.0795 e. The number of likely N-dealkylation sites (tertiary alicyclic amines) is 1. The van der Waals surface area contributed by atoms with Crippen molar-refractivity contribution in [2.75, 3.05) is 13.1 Å². The molecule has 0 aliphatic carbocycles. The van der Waals surface area contributed by atoms with Gasteiger partial charge in [-0.2, -0.15) is 0 Å². The molecule has 1 aromatic rings. The normalized spacial score (nSPS) is 31.2. The molecule has 3 heterocycles. The van der Waals surface area contributed by atoms with Crippen LogP contribution in [0.15, 0.2) is 10.9 Å². The van der Waals surface area contributed by atoms with Gasteiger partial charge in [-0.1, -0.05) is 0 Å². The van der Waals surface area contributed by atoms with E-state index in [0.717, 1.165) is 18.6 Å². The number of thiazole rings is 1. The van der Waals surface area contributed by atoms with Gasteiger partial charge in [0.15, 0.2) is 0 Å². The number of rotatable bonds is 3. The largest absolute Gasteiger partial charge is 0.312 e. The molecule has 2 fully saturated rings. The Kier molecular flexibility index (Phi) is 3.22. The van der Waals surface area contributed by atoms with Crippen LogP contribution >= 0.6 is 11.3 Å². The zero-order valence-electron chi connectivity index (χ0n) is 9.56. The number of hydrogen-bond acceptors (Lipinski definition) is 4. The number of hydrogen-bond donors (Lipinski definition) is 1. The van der Waals surface area contributed by atoms with Gasteiger partial charge >= 0.3 is 0 Å². The first-order valence-corrected chi connectivity index (χ1v) is 7.22. The van der Waals surface area contributed by atoms with Crippen LogP contribution in [0.2, 0.25) is 0 Å². The second-order valence-corrected chi connectivity index (χ2v) is 5.58. The molecule has 0 saturated carbocycles. The van der Waals surface area contributed by atoms with Crippen molar-refractivity contribution < 1.29 is 0 Å². The fraction of sp³-hybridized carbons (Fsp3) is 0.750. The molecular weight excluding hydrogens is 218 g/mol. The lowest BCUT2D eigenvalue weighted by Crippen LogP contribution is -2.43. The Bertz CT molecular complexity index is 319. The zero-order chi connectivity index (χ0) is 10.8. The summed E-state index contributed by atoms with van der Waals surface area (Å²) >= 11 is 1.70. The van der Waals surface area contributed by atoms with Crippen molar-refractivity contribution in [2.24, 2.45) is 0 Å². The average molecular weight is 237 g/mol. The third-order valence-electron chi connectivity index (χ3n) is 3.83. The van der Waals surface area contributed by atoms with Crippen molar-refractivity contribution in [1.82, 2.24) is 15.2 Å². The van der Waals surface area contributed by atoms with E-state index in [1.165, 1.54) is 44.5 Å². The second-order valence-electron chi connectivity index (χ2n) is 4.86. The highest BCUT2D eigenvalue weighted by Gasteiger charge is 2.33. The molecule has 0 aromatic carbocycles. The summed E-state index contributed by atoms with van der Waals surface area (Å²) in [6.07, 6.45) is 5.43. The molecule has 3 nitrogen and oxygen atoms in total. The third-order valence-corrected chi connectivity index (χ3v) is 4.46. The molecule has 0 spiro atoms. The lowest BCUT2D eigenvalue weighted by molar-refractivity contribution is 0.205. The van der Waals surface area contributed by atoms with Gasteiger partial charge in [-0.3, -0.25) is 4.90 Å². The highest BCUT2D eigenvalue weighted by molar-refractivity contribution is 7.07. The molecule has 2 saturated heterocycles. The van der Waals surface area contributed by atoms with E-state index in [9.17, 15) is 0 Å². The van der Waals surface area contributed by atoms with Gasteiger partial charge < -0.3 is 5.32 Å². The Morgan fingerprint density at radius 3 is 3.19 bits per heavy atom. The second kappa shape index (κ2) is 4.82. The van der Waals surface area contributed by atoms with Gasteiger partial charge in [0.2, 0.25) is 0 Å². The SMILES string of the molecule is c1nc(CN2CCCC2C2CCCN2)cs1. The van der Waals surface area contributed by atoms with Crippen molar-refractivity contribution in [2.45, 2.75) is 44.3 Å². The predicted molar refractivity (Wildman–Crippen MR) is 66.6 cm³/mol. The van der Waals surface area contributed by atoms with Crippen LogP contribution in [0.3, 0.4) is 0 Å². The molecule has 0 amide bonds. The molecule has 4 heteroatoms. The Hall–Kier alpha value is -0.450. The third kappa shape index (κ3) is 2.14. The van der Waals surface area contributed by atoms with Crippen LogP contribution in [-0.4, -0.2) is 35.1 Å². The number of nitrogens with zero attached hydrogens (tertiary/aromatic N) is 2. The summed E-state index contributed by atoms with van der Waals surface area (Å²) < 4.78 is 0. The summed E-state index contributed by atoms with van der Waals surface area (Å²) in [4.78, 5) is 7.02. The lowest BCUT2D eigenvalue weighted by Gasteiger charge is -2.28. The van der Waals surface area contributed by atoms with E-state index in [0.29, 0.717) is 0 Å². The van der Waals surface area contributed by atoms with Crippen molar-refractivity contribution >= 4 is 11.3 Å². The smallest absolute Gasteiger partial charge is 0.0795 e. The van der Waals surface area contributed by atoms with Crippen molar-refractivity contribution in [3.8, 4) is 0 Å². The van der Waals surface area contributed by atoms with Crippen molar-refractivity contribution in [3.05, 3.63) is 16.6 Å². The van der Waals surface area contributed by atoms with Crippen LogP contribution in [0, 0.1) is 0 Å². The standard InChI is InChI=1S/C12H19N3S/c1-3-11(13-5-1)12-4-2-6-15(12)7-10-8-16-9-14-10/h8-9,11-13H,1-7H2. The van der Waals surface area contributed by atoms with Gasteiger partial charge in [-0.05, 0) is 38.8 Å². The Morgan fingerprint density at radius 1 is 1.44 bits per heavy atom. The highest BCUT2D eigenvalue weighted by Crippen LogP contribution is 2.26. The van der Waals surface area contributed by atoms with Gasteiger partial charge in [0.1, 0.15) is 0 Å². The van der Waals surface area contributed by atoms with E-state index in [1.54, 1.807) is 11.3 Å². The highest BCUT2D eigenvalue weighted by atomic mass is 32.1. The number of aromatic nitrogens is 1. The monoisotopic (exact) mass is 237 g/mol. The molecule has 0 radical (unpaired) electrons. The van der Waals surface area contributed by atoms with E-state index < -0.39 is 0 Å². The molecule has 88 valence electrons. The Morgan fingerprint density at radius 2 is 2.44 bits per heavy atom. The van der Waals surface area contributed by atoms with Crippen LogP contribution in [0.1, 0.15) is 31.4 Å². The summed E-state index contributed by atoms with van der Waals surface area (Å²) in [5, 5.41) is 5.83. The lowest BCUT2D eigenvalue weighted by atomic mass is 10.0. The molecule has 0 bridgehead atoms. The Labute approximate surface area is 101 Å². The molecule has 2 atom stereocenters. The molecular formula is C12H19N3S. The first-order valence-electron chi connectivity index (χ1n) is 6.28. The maximum absolute atomic E-state index is 4.40. The van der Waals surface area contributed by atoms with Gasteiger partial charge in [0.25, 0.3) is 0 Å². The van der Waals surface area contributed by atoms with Gasteiger partial charge in [-0.15, -0.1) is 11.3 Å². The minimum absolute atomic E-state index is 0.737. The molecule has 2 unspecified atom stereocenters. The zero-order valence-corrected chi connectivity index (χ0v) is 10.4. The summed E-state index contributed by atoms with van der Waals surface area (Å²) in [5.74, 6) is 0. The number of nitrogens with one attached hydrogen (secondary N) is 1. The first kappa shape index (κ1) is 10.7. The van der Waals surface area contributed by atoms with Crippen LogP contribution in [0.25, 0.3) is 0 Å². The topological polar surface area (TPSA) is 28.2 Å². The summed E-state index contributed by atoms with van der Waals surface area (Å²) in [5.41, 5.74) is 3.18. The van der Waals surface area contributed by atoms with E-state index in [2.05, 4.69) is 20.6 Å². The molecule has 2 aliphatic heterocycles. The van der Waals surface area contributed by atoms with Crippen LogP contribution in [0.4, 0.5) is 0 Å². The van der Waals surface area contributed by atoms with E-state index in [4.69, 9.17) is 0 Å². The fourth-order valence-electron chi connectivity index (χ4n) is 3.07. The van der Waals surface area contributed by atoms with E-state index >= 15 is 0 Å². The Balaban J connectivity index is 1.64. The van der Waals surface area contributed by atoms with Crippen molar-refractivity contribution in [3.63, 3.8) is 0 Å². The molecule has 1 aromatic heterocycles. The van der Waals surface area contributed by atoms with Crippen molar-refractivity contribution in [1.29, 1.82) is 0 Å². The summed E-state index contributed by atoms with van der Waals surface area (Å²) in [6, 6.07) is 1.49. The van der Waals surface area contributed by atoms with Gasteiger partial charge in [-0.25, -0.2) is 4.98 Å². The van der Waals surface area contributed by atoms with Crippen LogP contribution in [0.5, 0.6) is 0 Å². The molecule has 3 rings (SSSR count). The fourth-order valence-corrected chi connectivity index (χ4v) is 3.62. The molecule has 16 heavy (non-hydrogen) atoms.